The van der Waals surface area contributed by atoms with Crippen molar-refractivity contribution in [3.05, 3.63) is 21.9 Å². The number of nitriles is 1. The molecule has 0 aliphatic rings. The van der Waals surface area contributed by atoms with Gasteiger partial charge in [-0.15, -0.1) is 0 Å². The van der Waals surface area contributed by atoms with Gasteiger partial charge in [-0.1, -0.05) is 0 Å². The third kappa shape index (κ3) is 3.59. The van der Waals surface area contributed by atoms with Gasteiger partial charge in [-0.25, -0.2) is 4.98 Å². The lowest BCUT2D eigenvalue weighted by Gasteiger charge is -2.04. The van der Waals surface area contributed by atoms with Crippen LogP contribution in [0.1, 0.15) is 12.8 Å². The number of nitrogens with one attached hydrogen (secondary N) is 1. The van der Waals surface area contributed by atoms with Crippen molar-refractivity contribution in [2.45, 2.75) is 12.8 Å². The minimum absolute atomic E-state index is 0.594. The Morgan fingerprint density at radius 3 is 3.15 bits per heavy atom. The molecule has 0 saturated carbocycles. The summed E-state index contributed by atoms with van der Waals surface area (Å²) >= 11 is 2.23. The smallest absolute Gasteiger partial charge is 0.139 e. The van der Waals surface area contributed by atoms with E-state index in [1.165, 1.54) is 0 Å². The molecule has 1 aromatic rings. The normalized spacial score (nSPS) is 9.23. The van der Waals surface area contributed by atoms with Gasteiger partial charge in [-0.3, -0.25) is 0 Å². The highest BCUT2D eigenvalue weighted by atomic mass is 127. The van der Waals surface area contributed by atoms with Crippen molar-refractivity contribution < 1.29 is 0 Å². The van der Waals surface area contributed by atoms with Gasteiger partial charge in [0.05, 0.1) is 9.64 Å². The van der Waals surface area contributed by atoms with E-state index in [-0.39, 0.29) is 0 Å². The first-order chi connectivity index (χ1) is 6.34. The van der Waals surface area contributed by atoms with Crippen LogP contribution in [0.5, 0.6) is 0 Å². The summed E-state index contributed by atoms with van der Waals surface area (Å²) in [7, 11) is 0. The molecular weight excluding hydrogens is 277 g/mol. The number of nitrogens with zero attached hydrogens (tertiary/aromatic N) is 2. The van der Waals surface area contributed by atoms with Crippen LogP contribution >= 0.6 is 22.6 Å². The Morgan fingerprint density at radius 2 is 2.46 bits per heavy atom. The lowest BCUT2D eigenvalue weighted by Crippen LogP contribution is -2.04. The van der Waals surface area contributed by atoms with Crippen molar-refractivity contribution in [1.82, 2.24) is 4.98 Å². The minimum Gasteiger partial charge on any atom is -0.369 e. The van der Waals surface area contributed by atoms with Gasteiger partial charge in [-0.05, 0) is 41.1 Å². The van der Waals surface area contributed by atoms with Crippen molar-refractivity contribution in [2.75, 3.05) is 11.9 Å². The number of aromatic nitrogens is 1. The molecule has 1 rings (SSSR count). The second-order valence-electron chi connectivity index (χ2n) is 2.52. The van der Waals surface area contributed by atoms with E-state index in [9.17, 15) is 0 Å². The van der Waals surface area contributed by atoms with Gasteiger partial charge in [0.2, 0.25) is 0 Å². The number of halogens is 1. The molecule has 0 bridgehead atoms. The standard InChI is InChI=1S/C9H10IN3/c10-8-4-3-7-13-9(8)12-6-2-1-5-11/h3-4,7H,1-2,6H2,(H,12,13). The topological polar surface area (TPSA) is 48.7 Å². The van der Waals surface area contributed by atoms with Gasteiger partial charge in [0, 0.05) is 19.2 Å². The molecule has 0 aromatic carbocycles. The average Bonchev–Trinajstić information content (AvgIpc) is 2.15. The van der Waals surface area contributed by atoms with E-state index in [2.05, 4.69) is 39.0 Å². The molecule has 1 heterocycles. The second kappa shape index (κ2) is 5.75. The summed E-state index contributed by atoms with van der Waals surface area (Å²) < 4.78 is 1.11. The molecule has 0 aliphatic heterocycles. The molecule has 0 unspecified atom stereocenters. The van der Waals surface area contributed by atoms with Gasteiger partial charge in [-0.2, -0.15) is 5.26 Å². The molecule has 0 spiro atoms. The van der Waals surface area contributed by atoms with Crippen molar-refractivity contribution in [3.63, 3.8) is 0 Å². The number of pyridine rings is 1. The van der Waals surface area contributed by atoms with E-state index in [4.69, 9.17) is 5.26 Å². The van der Waals surface area contributed by atoms with Gasteiger partial charge < -0.3 is 5.32 Å². The summed E-state index contributed by atoms with van der Waals surface area (Å²) in [5, 5.41) is 11.5. The number of rotatable bonds is 4. The summed E-state index contributed by atoms with van der Waals surface area (Å²) in [5.74, 6) is 0.904. The summed E-state index contributed by atoms with van der Waals surface area (Å²) in [6.07, 6.45) is 3.22. The predicted octanol–water partition coefficient (Wildman–Crippen LogP) is 2.40. The lowest BCUT2D eigenvalue weighted by molar-refractivity contribution is 0.891. The van der Waals surface area contributed by atoms with Gasteiger partial charge in [0.1, 0.15) is 5.82 Å². The highest BCUT2D eigenvalue weighted by molar-refractivity contribution is 14.1. The molecule has 0 fully saturated rings. The molecule has 1 N–H and O–H groups in total. The highest BCUT2D eigenvalue weighted by Gasteiger charge is 1.97. The van der Waals surface area contributed by atoms with Crippen LogP contribution in [0.4, 0.5) is 5.82 Å². The molecule has 0 aliphatic carbocycles. The van der Waals surface area contributed by atoms with Crippen molar-refractivity contribution >= 4 is 28.4 Å². The molecule has 13 heavy (non-hydrogen) atoms. The molecule has 0 radical (unpaired) electrons. The summed E-state index contributed by atoms with van der Waals surface area (Å²) in [5.41, 5.74) is 0. The molecule has 4 heteroatoms. The Morgan fingerprint density at radius 1 is 1.62 bits per heavy atom. The van der Waals surface area contributed by atoms with E-state index >= 15 is 0 Å². The van der Waals surface area contributed by atoms with Crippen molar-refractivity contribution in [3.8, 4) is 6.07 Å². The Hall–Kier alpha value is -0.830. The minimum atomic E-state index is 0.594. The Labute approximate surface area is 91.3 Å². The largest absolute Gasteiger partial charge is 0.369 e. The van der Waals surface area contributed by atoms with E-state index < -0.39 is 0 Å². The van der Waals surface area contributed by atoms with Crippen molar-refractivity contribution in [2.24, 2.45) is 0 Å². The maximum Gasteiger partial charge on any atom is 0.139 e. The molecule has 1 aromatic heterocycles. The van der Waals surface area contributed by atoms with Crippen LogP contribution in [0.2, 0.25) is 0 Å². The molecule has 0 saturated heterocycles. The number of unbranched alkanes of at least 4 members (excludes halogenated alkanes) is 1. The Kier molecular flexibility index (Phi) is 4.54. The van der Waals surface area contributed by atoms with E-state index in [0.29, 0.717) is 6.42 Å². The number of hydrogen-bond donors (Lipinski definition) is 1. The predicted molar refractivity (Wildman–Crippen MR) is 60.3 cm³/mol. The number of hydrogen-bond acceptors (Lipinski definition) is 3. The first-order valence-electron chi connectivity index (χ1n) is 4.06. The van der Waals surface area contributed by atoms with E-state index in [0.717, 1.165) is 22.4 Å². The summed E-state index contributed by atoms with van der Waals surface area (Å²) in [6, 6.07) is 6.01. The highest BCUT2D eigenvalue weighted by Crippen LogP contribution is 2.13. The second-order valence-corrected chi connectivity index (χ2v) is 3.68. The molecule has 0 amide bonds. The Bertz CT molecular complexity index is 306. The maximum atomic E-state index is 8.32. The zero-order valence-corrected chi connectivity index (χ0v) is 9.28. The fourth-order valence-electron chi connectivity index (χ4n) is 0.890. The molecular formula is C9H10IN3. The zero-order valence-electron chi connectivity index (χ0n) is 7.13. The zero-order chi connectivity index (χ0) is 9.52. The third-order valence-corrected chi connectivity index (χ3v) is 2.39. The third-order valence-electron chi connectivity index (χ3n) is 1.52. The first kappa shape index (κ1) is 10.3. The maximum absolute atomic E-state index is 8.32. The SMILES string of the molecule is N#CCCCNc1ncccc1I. The molecule has 0 atom stereocenters. The average molecular weight is 287 g/mol. The Balaban J connectivity index is 2.37. The van der Waals surface area contributed by atoms with Gasteiger partial charge >= 0.3 is 0 Å². The fourth-order valence-corrected chi connectivity index (χ4v) is 1.43. The van der Waals surface area contributed by atoms with E-state index in [1.807, 2.05) is 12.1 Å². The first-order valence-corrected chi connectivity index (χ1v) is 5.14. The van der Waals surface area contributed by atoms with E-state index in [1.54, 1.807) is 6.20 Å². The molecule has 68 valence electrons. The van der Waals surface area contributed by atoms with Crippen LogP contribution in [0, 0.1) is 14.9 Å². The van der Waals surface area contributed by atoms with Crippen LogP contribution in [0.15, 0.2) is 18.3 Å². The molecule has 3 nitrogen and oxygen atoms in total. The summed E-state index contributed by atoms with van der Waals surface area (Å²) in [6.45, 7) is 0.806. The summed E-state index contributed by atoms with van der Waals surface area (Å²) in [4.78, 5) is 4.17. The van der Waals surface area contributed by atoms with Gasteiger partial charge in [0.15, 0.2) is 0 Å². The van der Waals surface area contributed by atoms with Crippen LogP contribution in [0.3, 0.4) is 0 Å². The fraction of sp³-hybridized carbons (Fsp3) is 0.333. The van der Waals surface area contributed by atoms with Crippen LogP contribution in [-0.4, -0.2) is 11.5 Å². The van der Waals surface area contributed by atoms with Crippen molar-refractivity contribution in [1.29, 1.82) is 5.26 Å². The van der Waals surface area contributed by atoms with Crippen LogP contribution in [-0.2, 0) is 0 Å². The van der Waals surface area contributed by atoms with Gasteiger partial charge in [0.25, 0.3) is 0 Å². The monoisotopic (exact) mass is 287 g/mol. The van der Waals surface area contributed by atoms with Crippen LogP contribution < -0.4 is 5.32 Å². The lowest BCUT2D eigenvalue weighted by atomic mass is 10.3. The quantitative estimate of drug-likeness (QED) is 0.683. The van der Waals surface area contributed by atoms with Crippen LogP contribution in [0.25, 0.3) is 0 Å². The number of anilines is 1.